The van der Waals surface area contributed by atoms with Gasteiger partial charge in [-0.15, -0.1) is 0 Å². The van der Waals surface area contributed by atoms with Gasteiger partial charge in [0.1, 0.15) is 5.82 Å². The summed E-state index contributed by atoms with van der Waals surface area (Å²) in [7, 11) is 0. The van der Waals surface area contributed by atoms with Crippen molar-refractivity contribution in [2.24, 2.45) is 0 Å². The molecule has 4 nitrogen and oxygen atoms in total. The standard InChI is InChI=1S/C20H20FN3OS/c1-14-7-8-18(15(2)11-14)24-10-9-22-20(24)26-13-19(25)23-12-16-5-3-4-6-17(16)21/h3-11H,12-13H2,1-2H3,(H,23,25). The van der Waals surface area contributed by atoms with Crippen molar-refractivity contribution in [1.82, 2.24) is 14.9 Å². The molecule has 1 heterocycles. The van der Waals surface area contributed by atoms with Crippen LogP contribution in [0.15, 0.2) is 60.0 Å². The van der Waals surface area contributed by atoms with Gasteiger partial charge >= 0.3 is 0 Å². The molecule has 3 aromatic rings. The van der Waals surface area contributed by atoms with Crippen LogP contribution in [0, 0.1) is 19.7 Å². The lowest BCUT2D eigenvalue weighted by molar-refractivity contribution is -0.118. The van der Waals surface area contributed by atoms with Gasteiger partial charge in [0, 0.05) is 24.5 Å². The van der Waals surface area contributed by atoms with E-state index < -0.39 is 0 Å². The van der Waals surface area contributed by atoms with E-state index in [2.05, 4.69) is 42.3 Å². The molecule has 0 atom stereocenters. The minimum absolute atomic E-state index is 0.159. The number of benzene rings is 2. The van der Waals surface area contributed by atoms with Gasteiger partial charge in [-0.1, -0.05) is 47.7 Å². The van der Waals surface area contributed by atoms with E-state index in [0.717, 1.165) is 16.4 Å². The molecule has 0 aliphatic carbocycles. The van der Waals surface area contributed by atoms with Crippen LogP contribution in [0.3, 0.4) is 0 Å². The molecule has 134 valence electrons. The van der Waals surface area contributed by atoms with Gasteiger partial charge < -0.3 is 5.32 Å². The van der Waals surface area contributed by atoms with E-state index >= 15 is 0 Å². The van der Waals surface area contributed by atoms with Gasteiger partial charge in [0.25, 0.3) is 0 Å². The summed E-state index contributed by atoms with van der Waals surface area (Å²) in [6.45, 7) is 4.29. The first-order valence-corrected chi connectivity index (χ1v) is 9.27. The third kappa shape index (κ3) is 4.32. The third-order valence-electron chi connectivity index (χ3n) is 3.98. The summed E-state index contributed by atoms with van der Waals surface area (Å²) in [5, 5.41) is 3.49. The van der Waals surface area contributed by atoms with E-state index in [-0.39, 0.29) is 24.0 Å². The Morgan fingerprint density at radius 1 is 1.23 bits per heavy atom. The molecule has 0 saturated heterocycles. The van der Waals surface area contributed by atoms with E-state index in [0.29, 0.717) is 5.56 Å². The highest BCUT2D eigenvalue weighted by atomic mass is 32.2. The largest absolute Gasteiger partial charge is 0.351 e. The average molecular weight is 369 g/mol. The van der Waals surface area contributed by atoms with Crippen LogP contribution in [0.5, 0.6) is 0 Å². The number of nitrogens with zero attached hydrogens (tertiary/aromatic N) is 2. The van der Waals surface area contributed by atoms with Crippen LogP contribution in [0.2, 0.25) is 0 Å². The number of rotatable bonds is 6. The molecule has 1 amide bonds. The number of hydrogen-bond donors (Lipinski definition) is 1. The maximum absolute atomic E-state index is 13.6. The van der Waals surface area contributed by atoms with Crippen molar-refractivity contribution >= 4 is 17.7 Å². The molecule has 1 aromatic heterocycles. The van der Waals surface area contributed by atoms with Crippen LogP contribution in [0.4, 0.5) is 4.39 Å². The fourth-order valence-corrected chi connectivity index (χ4v) is 3.47. The zero-order valence-corrected chi connectivity index (χ0v) is 15.5. The van der Waals surface area contributed by atoms with Crippen LogP contribution in [0.25, 0.3) is 5.69 Å². The monoisotopic (exact) mass is 369 g/mol. The van der Waals surface area contributed by atoms with Gasteiger partial charge in [0.05, 0.1) is 11.4 Å². The van der Waals surface area contributed by atoms with Crippen molar-refractivity contribution in [3.8, 4) is 5.69 Å². The quantitative estimate of drug-likeness (QED) is 0.667. The van der Waals surface area contributed by atoms with E-state index in [1.165, 1.54) is 23.4 Å². The van der Waals surface area contributed by atoms with Crippen molar-refractivity contribution in [2.45, 2.75) is 25.5 Å². The second-order valence-electron chi connectivity index (χ2n) is 6.03. The fourth-order valence-electron chi connectivity index (χ4n) is 2.67. The van der Waals surface area contributed by atoms with Crippen LogP contribution in [-0.4, -0.2) is 21.2 Å². The molecule has 0 aliphatic heterocycles. The summed E-state index contributed by atoms with van der Waals surface area (Å²) < 4.78 is 15.6. The summed E-state index contributed by atoms with van der Waals surface area (Å²) in [5.74, 6) is -0.254. The lowest BCUT2D eigenvalue weighted by atomic mass is 10.1. The Morgan fingerprint density at radius 2 is 2.04 bits per heavy atom. The van der Waals surface area contributed by atoms with Crippen molar-refractivity contribution in [3.05, 3.63) is 77.4 Å². The molecule has 0 fully saturated rings. The first-order valence-electron chi connectivity index (χ1n) is 8.28. The maximum atomic E-state index is 13.6. The highest BCUT2D eigenvalue weighted by molar-refractivity contribution is 7.99. The predicted octanol–water partition coefficient (Wildman–Crippen LogP) is 4.04. The van der Waals surface area contributed by atoms with Crippen molar-refractivity contribution < 1.29 is 9.18 Å². The van der Waals surface area contributed by atoms with E-state index in [4.69, 9.17) is 0 Å². The second-order valence-corrected chi connectivity index (χ2v) is 6.97. The number of amides is 1. The molecule has 0 aliphatic rings. The lowest BCUT2D eigenvalue weighted by Gasteiger charge is -2.11. The number of aromatic nitrogens is 2. The molecule has 0 saturated carbocycles. The zero-order valence-electron chi connectivity index (χ0n) is 14.7. The Balaban J connectivity index is 1.61. The molecule has 26 heavy (non-hydrogen) atoms. The van der Waals surface area contributed by atoms with E-state index in [1.807, 2.05) is 10.8 Å². The van der Waals surface area contributed by atoms with Crippen molar-refractivity contribution in [1.29, 1.82) is 0 Å². The Kier molecular flexibility index (Phi) is 5.73. The van der Waals surface area contributed by atoms with Crippen LogP contribution in [0.1, 0.15) is 16.7 Å². The van der Waals surface area contributed by atoms with Crippen molar-refractivity contribution in [2.75, 3.05) is 5.75 Å². The van der Waals surface area contributed by atoms with Crippen LogP contribution >= 0.6 is 11.8 Å². The number of carbonyl (C=O) groups is 1. The first-order chi connectivity index (χ1) is 12.5. The average Bonchev–Trinajstić information content (AvgIpc) is 3.07. The second kappa shape index (κ2) is 8.19. The number of nitrogens with one attached hydrogen (secondary N) is 1. The number of hydrogen-bond acceptors (Lipinski definition) is 3. The highest BCUT2D eigenvalue weighted by Crippen LogP contribution is 2.23. The van der Waals surface area contributed by atoms with Crippen molar-refractivity contribution in [3.63, 3.8) is 0 Å². The fraction of sp³-hybridized carbons (Fsp3) is 0.200. The Morgan fingerprint density at radius 3 is 2.81 bits per heavy atom. The highest BCUT2D eigenvalue weighted by Gasteiger charge is 2.11. The minimum atomic E-state index is -0.314. The lowest BCUT2D eigenvalue weighted by Crippen LogP contribution is -2.25. The molecule has 0 bridgehead atoms. The Hall–Kier alpha value is -2.60. The Bertz CT molecular complexity index is 923. The molecule has 3 rings (SSSR count). The minimum Gasteiger partial charge on any atom is -0.351 e. The molecular weight excluding hydrogens is 349 g/mol. The third-order valence-corrected chi connectivity index (χ3v) is 4.95. The normalized spacial score (nSPS) is 10.7. The Labute approximate surface area is 156 Å². The smallest absolute Gasteiger partial charge is 0.230 e. The predicted molar refractivity (Wildman–Crippen MR) is 102 cm³/mol. The molecule has 2 aromatic carbocycles. The summed E-state index contributed by atoms with van der Waals surface area (Å²) in [4.78, 5) is 16.4. The number of imidazole rings is 1. The molecular formula is C20H20FN3OS. The van der Waals surface area contributed by atoms with Crippen LogP contribution in [-0.2, 0) is 11.3 Å². The van der Waals surface area contributed by atoms with Crippen LogP contribution < -0.4 is 5.32 Å². The molecule has 0 unspecified atom stereocenters. The number of thioether (sulfide) groups is 1. The van der Waals surface area contributed by atoms with Gasteiger partial charge in [0.15, 0.2) is 5.16 Å². The van der Waals surface area contributed by atoms with Gasteiger partial charge in [-0.25, -0.2) is 9.37 Å². The maximum Gasteiger partial charge on any atom is 0.230 e. The van der Waals surface area contributed by atoms with Gasteiger partial charge in [-0.2, -0.15) is 0 Å². The summed E-state index contributed by atoms with van der Waals surface area (Å²) >= 11 is 1.35. The van der Waals surface area contributed by atoms with Gasteiger partial charge in [-0.05, 0) is 31.5 Å². The van der Waals surface area contributed by atoms with E-state index in [1.54, 1.807) is 24.4 Å². The summed E-state index contributed by atoms with van der Waals surface area (Å²) in [6.07, 6.45) is 3.61. The zero-order chi connectivity index (χ0) is 18.5. The SMILES string of the molecule is Cc1ccc(-n2ccnc2SCC(=O)NCc2ccccc2F)c(C)c1. The first kappa shape index (κ1) is 18.2. The number of aryl methyl sites for hydroxylation is 2. The van der Waals surface area contributed by atoms with Gasteiger partial charge in [-0.3, -0.25) is 9.36 Å². The number of halogens is 1. The molecule has 1 N–H and O–H groups in total. The number of carbonyl (C=O) groups excluding carboxylic acids is 1. The summed E-state index contributed by atoms with van der Waals surface area (Å²) in [6, 6.07) is 12.6. The molecule has 0 radical (unpaired) electrons. The summed E-state index contributed by atoms with van der Waals surface area (Å²) in [5.41, 5.74) is 3.87. The van der Waals surface area contributed by atoms with E-state index in [9.17, 15) is 9.18 Å². The van der Waals surface area contributed by atoms with Gasteiger partial charge in [0.2, 0.25) is 5.91 Å². The molecule has 6 heteroatoms. The molecule has 0 spiro atoms. The topological polar surface area (TPSA) is 46.9 Å².